The van der Waals surface area contributed by atoms with Gasteiger partial charge in [-0.05, 0) is 34.5 Å². The third-order valence-electron chi connectivity index (χ3n) is 2.69. The molecule has 0 heterocycles. The van der Waals surface area contributed by atoms with Crippen molar-refractivity contribution in [3.63, 3.8) is 0 Å². The molecule has 0 saturated heterocycles. The van der Waals surface area contributed by atoms with Crippen molar-refractivity contribution in [3.8, 4) is 5.75 Å². The first-order chi connectivity index (χ1) is 9.99. The number of hydrogen-bond donors (Lipinski definition) is 2. The van der Waals surface area contributed by atoms with Crippen LogP contribution < -0.4 is 15.8 Å². The predicted molar refractivity (Wildman–Crippen MR) is 84.0 cm³/mol. The highest BCUT2D eigenvalue weighted by atomic mass is 79.9. The number of rotatable bonds is 5. The van der Waals surface area contributed by atoms with E-state index in [-0.39, 0.29) is 10.2 Å². The Bertz CT molecular complexity index is 650. The smallest absolute Gasteiger partial charge is 0.149 e. The second-order valence-electron chi connectivity index (χ2n) is 4.51. The van der Waals surface area contributed by atoms with Gasteiger partial charge in [0.2, 0.25) is 0 Å². The summed E-state index contributed by atoms with van der Waals surface area (Å²) >= 11 is 3.03. The summed E-state index contributed by atoms with van der Waals surface area (Å²) in [4.78, 5) is 0. The minimum atomic E-state index is -0.686. The third-order valence-corrected chi connectivity index (χ3v) is 3.30. The molecule has 0 aromatic heterocycles. The predicted octanol–water partition coefficient (Wildman–Crippen LogP) is 4.84. The molecule has 2 rings (SSSR count). The van der Waals surface area contributed by atoms with Gasteiger partial charge in [-0.25, -0.2) is 8.78 Å². The highest BCUT2D eigenvalue weighted by Gasteiger charge is 2.09. The van der Waals surface area contributed by atoms with Crippen LogP contribution in [-0.4, -0.2) is 6.61 Å². The van der Waals surface area contributed by atoms with Gasteiger partial charge in [-0.1, -0.05) is 6.92 Å². The van der Waals surface area contributed by atoms with Crippen LogP contribution >= 0.6 is 15.9 Å². The lowest BCUT2D eigenvalue weighted by molar-refractivity contribution is 0.318. The number of nitrogen functional groups attached to an aromatic ring is 1. The molecule has 0 aliphatic carbocycles. The average Bonchev–Trinajstić information content (AvgIpc) is 2.42. The van der Waals surface area contributed by atoms with E-state index in [0.717, 1.165) is 12.5 Å². The highest BCUT2D eigenvalue weighted by molar-refractivity contribution is 9.10. The normalized spacial score (nSPS) is 10.5. The first kappa shape index (κ1) is 15.6. The van der Waals surface area contributed by atoms with Crippen molar-refractivity contribution in [3.05, 3.63) is 46.4 Å². The molecule has 2 aromatic carbocycles. The van der Waals surface area contributed by atoms with Crippen molar-refractivity contribution in [2.75, 3.05) is 17.7 Å². The van der Waals surface area contributed by atoms with E-state index in [9.17, 15) is 8.78 Å². The maximum Gasteiger partial charge on any atom is 0.149 e. The van der Waals surface area contributed by atoms with Crippen molar-refractivity contribution in [2.24, 2.45) is 0 Å². The Morgan fingerprint density at radius 3 is 2.62 bits per heavy atom. The SMILES string of the molecule is CCCOc1cc(N)cc(Nc2cc(Br)c(F)cc2F)c1. The molecule has 0 bridgehead atoms. The zero-order valence-electron chi connectivity index (χ0n) is 11.4. The lowest BCUT2D eigenvalue weighted by atomic mass is 10.2. The summed E-state index contributed by atoms with van der Waals surface area (Å²) in [5, 5.41) is 2.87. The first-order valence-electron chi connectivity index (χ1n) is 6.44. The molecule has 0 amide bonds. The lowest BCUT2D eigenvalue weighted by Crippen LogP contribution is -2.00. The summed E-state index contributed by atoms with van der Waals surface area (Å²) in [5.74, 6) is -0.743. The van der Waals surface area contributed by atoms with E-state index < -0.39 is 11.6 Å². The molecule has 21 heavy (non-hydrogen) atoms. The molecule has 0 atom stereocenters. The fraction of sp³-hybridized carbons (Fsp3) is 0.200. The van der Waals surface area contributed by atoms with E-state index in [2.05, 4.69) is 21.2 Å². The Labute approximate surface area is 130 Å². The number of ether oxygens (including phenoxy) is 1. The van der Waals surface area contributed by atoms with Crippen LogP contribution in [0.25, 0.3) is 0 Å². The van der Waals surface area contributed by atoms with Crippen LogP contribution in [0.5, 0.6) is 5.75 Å². The van der Waals surface area contributed by atoms with Crippen LogP contribution in [0.15, 0.2) is 34.8 Å². The van der Waals surface area contributed by atoms with Crippen molar-refractivity contribution in [1.29, 1.82) is 0 Å². The van der Waals surface area contributed by atoms with Crippen molar-refractivity contribution in [2.45, 2.75) is 13.3 Å². The van der Waals surface area contributed by atoms with E-state index >= 15 is 0 Å². The standard InChI is InChI=1S/C15H15BrF2N2O/c1-2-3-21-11-5-9(19)4-10(6-11)20-15-7-12(16)13(17)8-14(15)18/h4-8,20H,2-3,19H2,1H3. The molecule has 3 N–H and O–H groups in total. The Hall–Kier alpha value is -1.82. The maximum absolute atomic E-state index is 13.7. The van der Waals surface area contributed by atoms with Gasteiger partial charge in [-0.3, -0.25) is 0 Å². The average molecular weight is 357 g/mol. The molecule has 0 aliphatic heterocycles. The minimum absolute atomic E-state index is 0.148. The molecule has 6 heteroatoms. The van der Waals surface area contributed by atoms with Crippen LogP contribution in [0.4, 0.5) is 25.8 Å². The summed E-state index contributed by atoms with van der Waals surface area (Å²) in [7, 11) is 0. The summed E-state index contributed by atoms with van der Waals surface area (Å²) in [5.41, 5.74) is 7.00. The summed E-state index contributed by atoms with van der Waals surface area (Å²) in [6, 6.07) is 7.20. The van der Waals surface area contributed by atoms with E-state index in [0.29, 0.717) is 23.7 Å². The van der Waals surface area contributed by atoms with Crippen molar-refractivity contribution < 1.29 is 13.5 Å². The third kappa shape index (κ3) is 4.07. The molecule has 0 unspecified atom stereocenters. The Morgan fingerprint density at radius 1 is 1.14 bits per heavy atom. The topological polar surface area (TPSA) is 47.3 Å². The van der Waals surface area contributed by atoms with E-state index in [1.165, 1.54) is 6.07 Å². The number of nitrogens with one attached hydrogen (secondary N) is 1. The Kier molecular flexibility index (Phi) is 5.01. The van der Waals surface area contributed by atoms with Gasteiger partial charge in [0, 0.05) is 29.6 Å². The molecular weight excluding hydrogens is 342 g/mol. The number of hydrogen-bond acceptors (Lipinski definition) is 3. The lowest BCUT2D eigenvalue weighted by Gasteiger charge is -2.12. The number of benzene rings is 2. The number of nitrogens with two attached hydrogens (primary N) is 1. The summed E-state index contributed by atoms with van der Waals surface area (Å²) in [6.07, 6.45) is 0.872. The van der Waals surface area contributed by atoms with Gasteiger partial charge >= 0.3 is 0 Å². The highest BCUT2D eigenvalue weighted by Crippen LogP contribution is 2.29. The van der Waals surface area contributed by atoms with Crippen molar-refractivity contribution in [1.82, 2.24) is 0 Å². The molecule has 0 fully saturated rings. The van der Waals surface area contributed by atoms with Gasteiger partial charge in [-0.15, -0.1) is 0 Å². The first-order valence-corrected chi connectivity index (χ1v) is 7.24. The van der Waals surface area contributed by atoms with Gasteiger partial charge < -0.3 is 15.8 Å². The molecule has 0 spiro atoms. The van der Waals surface area contributed by atoms with Crippen LogP contribution in [0.2, 0.25) is 0 Å². The molecule has 3 nitrogen and oxygen atoms in total. The zero-order valence-corrected chi connectivity index (χ0v) is 13.0. The van der Waals surface area contributed by atoms with Crippen LogP contribution in [0, 0.1) is 11.6 Å². The zero-order chi connectivity index (χ0) is 15.4. The molecule has 112 valence electrons. The van der Waals surface area contributed by atoms with E-state index in [4.69, 9.17) is 10.5 Å². The second kappa shape index (κ2) is 6.76. The fourth-order valence-corrected chi connectivity index (χ4v) is 2.11. The fourth-order valence-electron chi connectivity index (χ4n) is 1.77. The maximum atomic E-state index is 13.7. The van der Waals surface area contributed by atoms with E-state index in [1.807, 2.05) is 6.92 Å². The largest absolute Gasteiger partial charge is 0.493 e. The van der Waals surface area contributed by atoms with Gasteiger partial charge in [0.1, 0.15) is 17.4 Å². The molecular formula is C15H15BrF2N2O. The summed E-state index contributed by atoms with van der Waals surface area (Å²) in [6.45, 7) is 2.57. The minimum Gasteiger partial charge on any atom is -0.493 e. The molecule has 0 aliphatic rings. The summed E-state index contributed by atoms with van der Waals surface area (Å²) < 4.78 is 32.6. The molecule has 0 saturated carbocycles. The number of halogens is 3. The van der Waals surface area contributed by atoms with Crippen LogP contribution in [0.1, 0.15) is 13.3 Å². The second-order valence-corrected chi connectivity index (χ2v) is 5.36. The van der Waals surface area contributed by atoms with Gasteiger partial charge in [0.15, 0.2) is 0 Å². The Balaban J connectivity index is 2.27. The quantitative estimate of drug-likeness (QED) is 0.595. The monoisotopic (exact) mass is 356 g/mol. The van der Waals surface area contributed by atoms with Crippen molar-refractivity contribution >= 4 is 33.0 Å². The van der Waals surface area contributed by atoms with Gasteiger partial charge in [0.25, 0.3) is 0 Å². The molecule has 0 radical (unpaired) electrons. The van der Waals surface area contributed by atoms with Crippen LogP contribution in [-0.2, 0) is 0 Å². The number of anilines is 3. The van der Waals surface area contributed by atoms with Gasteiger partial charge in [-0.2, -0.15) is 0 Å². The van der Waals surface area contributed by atoms with E-state index in [1.54, 1.807) is 18.2 Å². The van der Waals surface area contributed by atoms with Crippen LogP contribution in [0.3, 0.4) is 0 Å². The molecule has 2 aromatic rings. The Morgan fingerprint density at radius 2 is 1.90 bits per heavy atom. The van der Waals surface area contributed by atoms with Gasteiger partial charge in [0.05, 0.1) is 16.8 Å².